The minimum atomic E-state index is -0.488. The van der Waals surface area contributed by atoms with Crippen molar-refractivity contribution in [3.8, 4) is 11.1 Å². The summed E-state index contributed by atoms with van der Waals surface area (Å²) in [5.41, 5.74) is 6.84. The number of carbonyl (C=O) groups excluding carboxylic acids is 1. The zero-order valence-corrected chi connectivity index (χ0v) is 25.4. The number of benzene rings is 4. The Balaban J connectivity index is 1.21. The van der Waals surface area contributed by atoms with Gasteiger partial charge in [-0.3, -0.25) is 4.79 Å². The van der Waals surface area contributed by atoms with E-state index in [4.69, 9.17) is 9.47 Å². The number of rotatable bonds is 9. The van der Waals surface area contributed by atoms with Gasteiger partial charge in [-0.15, -0.1) is 0 Å². The minimum absolute atomic E-state index is 0.0273. The van der Waals surface area contributed by atoms with E-state index in [1.165, 1.54) is 19.3 Å². The lowest BCUT2D eigenvalue weighted by Crippen LogP contribution is -2.45. The number of aliphatic hydroxyl groups excluding tert-OH is 1. The molecule has 0 bridgehead atoms. The van der Waals surface area contributed by atoms with Crippen LogP contribution < -0.4 is 5.32 Å². The summed E-state index contributed by atoms with van der Waals surface area (Å²) in [6.45, 7) is 5.83. The Morgan fingerprint density at radius 1 is 0.818 bits per heavy atom. The number of amides is 1. The van der Waals surface area contributed by atoms with Crippen molar-refractivity contribution in [1.29, 1.82) is 0 Å². The van der Waals surface area contributed by atoms with Crippen LogP contribution in [0.3, 0.4) is 0 Å². The second-order valence-corrected chi connectivity index (χ2v) is 12.0. The van der Waals surface area contributed by atoms with E-state index in [0.717, 1.165) is 53.0 Å². The number of likely N-dealkylation sites (tertiary alicyclic amines) is 1. The summed E-state index contributed by atoms with van der Waals surface area (Å²) < 4.78 is 13.4. The number of ether oxygens (including phenoxy) is 2. The van der Waals surface area contributed by atoms with Gasteiger partial charge in [-0.05, 0) is 65.9 Å². The molecule has 0 radical (unpaired) electrons. The zero-order valence-electron chi connectivity index (χ0n) is 25.4. The molecule has 2 fully saturated rings. The number of piperidine rings is 1. The molecular formula is C38H42N2O4. The first-order valence-corrected chi connectivity index (χ1v) is 15.8. The summed E-state index contributed by atoms with van der Waals surface area (Å²) in [6.07, 6.45) is 3.21. The summed E-state index contributed by atoms with van der Waals surface area (Å²) in [5.74, 6) is 0.0848. The summed E-state index contributed by atoms with van der Waals surface area (Å²) >= 11 is 0. The third kappa shape index (κ3) is 7.11. The fourth-order valence-corrected chi connectivity index (χ4v) is 6.37. The van der Waals surface area contributed by atoms with Gasteiger partial charge in [0.15, 0.2) is 6.29 Å². The SMILES string of the molecule is CC1C(CN2CCCCC2)OC(c2ccc(-c3ccccc3CNC(=O)c3ccccc3)cc2)OC1c1ccc(CO)cc1. The van der Waals surface area contributed by atoms with E-state index < -0.39 is 6.29 Å². The van der Waals surface area contributed by atoms with Gasteiger partial charge in [0.2, 0.25) is 0 Å². The highest BCUT2D eigenvalue weighted by atomic mass is 16.7. The molecule has 6 heteroatoms. The summed E-state index contributed by atoms with van der Waals surface area (Å²) in [5, 5.41) is 12.6. The van der Waals surface area contributed by atoms with Gasteiger partial charge in [0.1, 0.15) is 0 Å². The Hall–Kier alpha value is -3.81. The van der Waals surface area contributed by atoms with Crippen LogP contribution >= 0.6 is 0 Å². The second-order valence-electron chi connectivity index (χ2n) is 12.0. The topological polar surface area (TPSA) is 71.0 Å². The Kier molecular flexibility index (Phi) is 9.83. The monoisotopic (exact) mass is 590 g/mol. The van der Waals surface area contributed by atoms with Crippen molar-refractivity contribution < 1.29 is 19.4 Å². The number of nitrogens with zero attached hydrogens (tertiary/aromatic N) is 1. The first kappa shape index (κ1) is 30.2. The van der Waals surface area contributed by atoms with Crippen molar-refractivity contribution in [2.45, 2.75) is 57.8 Å². The van der Waals surface area contributed by atoms with Gasteiger partial charge in [-0.1, -0.05) is 104 Å². The van der Waals surface area contributed by atoms with Crippen LogP contribution in [0.25, 0.3) is 11.1 Å². The fourth-order valence-electron chi connectivity index (χ4n) is 6.37. The third-order valence-electron chi connectivity index (χ3n) is 9.00. The molecule has 4 unspecified atom stereocenters. The maximum absolute atomic E-state index is 12.7. The number of aliphatic hydroxyl groups is 1. The highest BCUT2D eigenvalue weighted by molar-refractivity contribution is 5.94. The molecule has 2 aliphatic heterocycles. The van der Waals surface area contributed by atoms with Crippen molar-refractivity contribution >= 4 is 5.91 Å². The average Bonchev–Trinajstić information content (AvgIpc) is 3.09. The van der Waals surface area contributed by atoms with Crippen LogP contribution in [0.4, 0.5) is 0 Å². The second kappa shape index (κ2) is 14.3. The maximum Gasteiger partial charge on any atom is 0.251 e. The lowest BCUT2D eigenvalue weighted by Gasteiger charge is -2.43. The van der Waals surface area contributed by atoms with Crippen LogP contribution in [0.15, 0.2) is 103 Å². The first-order chi connectivity index (χ1) is 21.6. The molecule has 4 aromatic rings. The smallest absolute Gasteiger partial charge is 0.251 e. The van der Waals surface area contributed by atoms with Gasteiger partial charge in [0.25, 0.3) is 5.91 Å². The Morgan fingerprint density at radius 3 is 2.23 bits per heavy atom. The van der Waals surface area contributed by atoms with Gasteiger partial charge in [-0.25, -0.2) is 0 Å². The van der Waals surface area contributed by atoms with E-state index in [9.17, 15) is 9.90 Å². The van der Waals surface area contributed by atoms with Crippen LogP contribution in [0.2, 0.25) is 0 Å². The molecule has 2 heterocycles. The largest absolute Gasteiger partial charge is 0.392 e. The molecule has 2 saturated heterocycles. The van der Waals surface area contributed by atoms with E-state index in [-0.39, 0.29) is 30.6 Å². The molecule has 6 rings (SSSR count). The van der Waals surface area contributed by atoms with Crippen LogP contribution in [0, 0.1) is 5.92 Å². The predicted molar refractivity (Wildman–Crippen MR) is 173 cm³/mol. The highest BCUT2D eigenvalue weighted by Crippen LogP contribution is 2.42. The first-order valence-electron chi connectivity index (χ1n) is 15.8. The molecule has 0 saturated carbocycles. The Labute approximate surface area is 260 Å². The number of hydrogen-bond acceptors (Lipinski definition) is 5. The van der Waals surface area contributed by atoms with Crippen molar-refractivity contribution in [2.24, 2.45) is 5.92 Å². The highest BCUT2D eigenvalue weighted by Gasteiger charge is 2.39. The standard InChI is InChI=1S/C38H42N2O4/c1-27-35(25-40-22-8-3-9-23-40)43-38(44-36(27)30-16-14-28(26-41)15-17-30)32-20-18-29(19-21-32)34-13-7-6-12-33(34)24-39-37(42)31-10-4-2-5-11-31/h2,4-7,10-21,27,35-36,38,41H,3,8-9,22-26H2,1H3,(H,39,42). The van der Waals surface area contributed by atoms with E-state index >= 15 is 0 Å². The number of nitrogens with one attached hydrogen (secondary N) is 1. The van der Waals surface area contributed by atoms with Crippen molar-refractivity contribution in [3.63, 3.8) is 0 Å². The molecule has 6 nitrogen and oxygen atoms in total. The van der Waals surface area contributed by atoms with E-state index in [0.29, 0.717) is 12.1 Å². The molecule has 4 aromatic carbocycles. The van der Waals surface area contributed by atoms with E-state index in [2.05, 4.69) is 65.7 Å². The van der Waals surface area contributed by atoms with Crippen LogP contribution in [0.5, 0.6) is 0 Å². The third-order valence-corrected chi connectivity index (χ3v) is 9.00. The van der Waals surface area contributed by atoms with Gasteiger partial charge in [0.05, 0.1) is 18.8 Å². The molecule has 2 N–H and O–H groups in total. The lowest BCUT2D eigenvalue weighted by atomic mass is 9.89. The molecule has 1 amide bonds. The maximum atomic E-state index is 12.7. The molecular weight excluding hydrogens is 548 g/mol. The van der Waals surface area contributed by atoms with Crippen molar-refractivity contribution in [1.82, 2.24) is 10.2 Å². The quantitative estimate of drug-likeness (QED) is 0.219. The molecule has 44 heavy (non-hydrogen) atoms. The van der Waals surface area contributed by atoms with Crippen LogP contribution in [0.1, 0.15) is 71.2 Å². The van der Waals surface area contributed by atoms with E-state index in [1.807, 2.05) is 54.6 Å². The van der Waals surface area contributed by atoms with Crippen LogP contribution in [-0.4, -0.2) is 41.7 Å². The van der Waals surface area contributed by atoms with Crippen molar-refractivity contribution in [3.05, 3.63) is 131 Å². The molecule has 2 aliphatic rings. The molecule has 0 aromatic heterocycles. The lowest BCUT2D eigenvalue weighted by molar-refractivity contribution is -0.276. The molecule has 228 valence electrons. The van der Waals surface area contributed by atoms with E-state index in [1.54, 1.807) is 0 Å². The van der Waals surface area contributed by atoms with Gasteiger partial charge >= 0.3 is 0 Å². The van der Waals surface area contributed by atoms with Gasteiger partial charge < -0.3 is 24.8 Å². The summed E-state index contributed by atoms with van der Waals surface area (Å²) in [6, 6.07) is 34.0. The Bertz CT molecular complexity index is 1500. The fraction of sp³-hybridized carbons (Fsp3) is 0.342. The summed E-state index contributed by atoms with van der Waals surface area (Å²) in [4.78, 5) is 15.2. The Morgan fingerprint density at radius 2 is 1.50 bits per heavy atom. The number of carbonyl (C=O) groups is 1. The molecule has 4 atom stereocenters. The molecule has 0 aliphatic carbocycles. The predicted octanol–water partition coefficient (Wildman–Crippen LogP) is 7.05. The minimum Gasteiger partial charge on any atom is -0.392 e. The zero-order chi connectivity index (χ0) is 30.3. The molecule has 0 spiro atoms. The normalized spacial score (nSPS) is 22.4. The van der Waals surface area contributed by atoms with Gasteiger partial charge in [0, 0.05) is 30.1 Å². The van der Waals surface area contributed by atoms with Gasteiger partial charge in [-0.2, -0.15) is 0 Å². The number of hydrogen-bond donors (Lipinski definition) is 2. The van der Waals surface area contributed by atoms with Crippen LogP contribution in [-0.2, 0) is 22.6 Å². The van der Waals surface area contributed by atoms with Crippen molar-refractivity contribution in [2.75, 3.05) is 19.6 Å². The summed E-state index contributed by atoms with van der Waals surface area (Å²) in [7, 11) is 0. The average molecular weight is 591 g/mol.